The van der Waals surface area contributed by atoms with Crippen molar-refractivity contribution in [3.63, 3.8) is 0 Å². The summed E-state index contributed by atoms with van der Waals surface area (Å²) >= 11 is 0. The zero-order valence-electron chi connectivity index (χ0n) is 11.1. The zero-order valence-corrected chi connectivity index (χ0v) is 12.2. The lowest BCUT2D eigenvalue weighted by Crippen LogP contribution is -2.42. The third-order valence-corrected chi connectivity index (χ3v) is 7.85. The third kappa shape index (κ3) is 2.98. The summed E-state index contributed by atoms with van der Waals surface area (Å²) in [4.78, 5) is 0. The first kappa shape index (κ1) is 12.4. The highest BCUT2D eigenvalue weighted by Crippen LogP contribution is 2.37. The molecule has 0 N–H and O–H groups in total. The first-order chi connectivity index (χ1) is 8.09. The van der Waals surface area contributed by atoms with E-state index in [4.69, 9.17) is 0 Å². The highest BCUT2D eigenvalue weighted by Gasteiger charge is 2.33. The summed E-state index contributed by atoms with van der Waals surface area (Å²) in [6.45, 7) is 7.22. The number of rotatable bonds is 2. The number of benzene rings is 1. The molecule has 1 aromatic carbocycles. The predicted molar refractivity (Wildman–Crippen MR) is 79.6 cm³/mol. The van der Waals surface area contributed by atoms with Gasteiger partial charge in [-0.25, -0.2) is 0 Å². The Morgan fingerprint density at radius 3 is 2.29 bits per heavy atom. The van der Waals surface area contributed by atoms with Gasteiger partial charge in [-0.2, -0.15) is 0 Å². The van der Waals surface area contributed by atoms with Crippen molar-refractivity contribution < 1.29 is 0 Å². The van der Waals surface area contributed by atoms with Crippen molar-refractivity contribution in [2.45, 2.75) is 37.8 Å². The van der Waals surface area contributed by atoms with Crippen molar-refractivity contribution in [1.29, 1.82) is 0 Å². The van der Waals surface area contributed by atoms with E-state index in [2.05, 4.69) is 75.4 Å². The van der Waals surface area contributed by atoms with Crippen LogP contribution in [0.15, 0.2) is 54.6 Å². The molecule has 1 aliphatic carbocycles. The zero-order chi connectivity index (χ0) is 12.3. The van der Waals surface area contributed by atoms with Gasteiger partial charge in [-0.15, -0.1) is 0 Å². The molecule has 0 saturated heterocycles. The molecule has 0 bridgehead atoms. The summed E-state index contributed by atoms with van der Waals surface area (Å²) < 4.78 is 0. The Hall–Kier alpha value is -1.08. The summed E-state index contributed by atoms with van der Waals surface area (Å²) in [7, 11) is -1.000. The molecule has 0 saturated carbocycles. The average Bonchev–Trinajstić information content (AvgIpc) is 2.30. The first-order valence-corrected chi connectivity index (χ1v) is 8.29. The molecule has 2 rings (SSSR count). The molecule has 1 aliphatic rings. The Morgan fingerprint density at radius 1 is 1.06 bits per heavy atom. The third-order valence-electron chi connectivity index (χ3n) is 3.53. The van der Waals surface area contributed by atoms with Gasteiger partial charge in [0, 0.05) is 0 Å². The van der Waals surface area contributed by atoms with Crippen molar-refractivity contribution in [3.05, 3.63) is 54.6 Å². The van der Waals surface area contributed by atoms with Gasteiger partial charge in [0.15, 0.2) is 0 Å². The van der Waals surface area contributed by atoms with Crippen LogP contribution in [-0.4, -0.2) is 8.80 Å². The van der Waals surface area contributed by atoms with Crippen molar-refractivity contribution in [3.8, 4) is 0 Å². The van der Waals surface area contributed by atoms with E-state index in [9.17, 15) is 0 Å². The Bertz CT molecular complexity index is 409. The van der Waals surface area contributed by atoms with Crippen molar-refractivity contribution in [2.24, 2.45) is 0 Å². The van der Waals surface area contributed by atoms with Gasteiger partial charge in [0.05, 0.1) is 8.80 Å². The van der Waals surface area contributed by atoms with Crippen LogP contribution in [0, 0.1) is 0 Å². The molecule has 0 heterocycles. The van der Waals surface area contributed by atoms with Gasteiger partial charge in [0.1, 0.15) is 0 Å². The van der Waals surface area contributed by atoms with Crippen LogP contribution < -0.4 is 5.19 Å². The van der Waals surface area contributed by atoms with Crippen LogP contribution in [0.4, 0.5) is 0 Å². The van der Waals surface area contributed by atoms with E-state index in [1.165, 1.54) is 6.42 Å². The number of hydrogen-bond acceptors (Lipinski definition) is 0. The highest BCUT2D eigenvalue weighted by molar-refractivity contribution is 6.77. The van der Waals surface area contributed by atoms with Gasteiger partial charge < -0.3 is 0 Å². The normalized spacial score (nSPS) is 21.5. The van der Waals surface area contributed by atoms with E-state index in [1.54, 1.807) is 5.19 Å². The van der Waals surface area contributed by atoms with Gasteiger partial charge in [-0.05, 0) is 17.0 Å². The molecule has 2 atom stereocenters. The van der Waals surface area contributed by atoms with Crippen LogP contribution in [0.3, 0.4) is 0 Å². The SMILES string of the molecule is CC(C)(C)[SiH](c1ccccc1)C1C=CC=CC1. The second kappa shape index (κ2) is 5.05. The van der Waals surface area contributed by atoms with E-state index in [0.29, 0.717) is 5.04 Å². The second-order valence-corrected chi connectivity index (χ2v) is 10.2. The molecule has 17 heavy (non-hydrogen) atoms. The lowest BCUT2D eigenvalue weighted by atomic mass is 10.2. The minimum Gasteiger partial charge on any atom is -0.0842 e. The second-order valence-electron chi connectivity index (χ2n) is 5.97. The van der Waals surface area contributed by atoms with E-state index in [0.717, 1.165) is 5.54 Å². The maximum absolute atomic E-state index is 2.43. The molecule has 1 heteroatoms. The maximum Gasteiger partial charge on any atom is 0.0832 e. The molecule has 90 valence electrons. The Kier molecular flexibility index (Phi) is 3.68. The molecular formula is C16H22Si. The molecule has 1 aromatic rings. The monoisotopic (exact) mass is 242 g/mol. The Balaban J connectivity index is 2.33. The Labute approximate surface area is 107 Å². The largest absolute Gasteiger partial charge is 0.0842 e. The fourth-order valence-electron chi connectivity index (χ4n) is 2.90. The fraction of sp³-hybridized carbons (Fsp3) is 0.375. The number of allylic oxidation sites excluding steroid dienone is 4. The maximum atomic E-state index is 2.43. The lowest BCUT2D eigenvalue weighted by molar-refractivity contribution is 0.723. The first-order valence-electron chi connectivity index (χ1n) is 6.47. The van der Waals surface area contributed by atoms with Crippen LogP contribution in [0.2, 0.25) is 10.6 Å². The van der Waals surface area contributed by atoms with E-state index < -0.39 is 8.80 Å². The van der Waals surface area contributed by atoms with E-state index in [-0.39, 0.29) is 0 Å². The van der Waals surface area contributed by atoms with Gasteiger partial charge in [-0.3, -0.25) is 0 Å². The highest BCUT2D eigenvalue weighted by atomic mass is 28.3. The summed E-state index contributed by atoms with van der Waals surface area (Å²) in [5.74, 6) is 0. The summed E-state index contributed by atoms with van der Waals surface area (Å²) in [5.41, 5.74) is 0.766. The molecule has 0 spiro atoms. The van der Waals surface area contributed by atoms with Crippen molar-refractivity contribution in [1.82, 2.24) is 0 Å². The summed E-state index contributed by atoms with van der Waals surface area (Å²) in [6, 6.07) is 11.1. The van der Waals surface area contributed by atoms with Crippen molar-refractivity contribution >= 4 is 14.0 Å². The minimum atomic E-state index is -1.000. The molecule has 0 amide bonds. The fourth-order valence-corrected chi connectivity index (χ4v) is 7.09. The molecule has 2 unspecified atom stereocenters. The molecule has 0 fully saturated rings. The van der Waals surface area contributed by atoms with E-state index in [1.807, 2.05) is 0 Å². The summed E-state index contributed by atoms with van der Waals surface area (Å²) in [6.07, 6.45) is 10.4. The predicted octanol–water partition coefficient (Wildman–Crippen LogP) is 3.81. The van der Waals surface area contributed by atoms with Crippen LogP contribution >= 0.6 is 0 Å². The molecule has 0 radical (unpaired) electrons. The molecule has 0 nitrogen and oxygen atoms in total. The van der Waals surface area contributed by atoms with Crippen LogP contribution in [0.5, 0.6) is 0 Å². The van der Waals surface area contributed by atoms with Gasteiger partial charge in [-0.1, -0.05) is 80.6 Å². The molecule has 0 aromatic heterocycles. The van der Waals surface area contributed by atoms with Crippen LogP contribution in [0.1, 0.15) is 27.2 Å². The standard InChI is InChI=1S/C16H22Si/c1-16(2,3)17(14-10-6-4-7-11-14)15-12-8-5-9-13-15/h4-12,15,17H,13H2,1-3H3. The number of hydrogen-bond donors (Lipinski definition) is 0. The summed E-state index contributed by atoms with van der Waals surface area (Å²) in [5, 5.41) is 2.03. The topological polar surface area (TPSA) is 0 Å². The smallest absolute Gasteiger partial charge is 0.0832 e. The van der Waals surface area contributed by atoms with Gasteiger partial charge in [0.2, 0.25) is 0 Å². The average molecular weight is 242 g/mol. The van der Waals surface area contributed by atoms with Crippen molar-refractivity contribution in [2.75, 3.05) is 0 Å². The molecular weight excluding hydrogens is 220 g/mol. The Morgan fingerprint density at radius 2 is 1.76 bits per heavy atom. The lowest BCUT2D eigenvalue weighted by Gasteiger charge is -2.35. The minimum absolute atomic E-state index is 0.432. The van der Waals surface area contributed by atoms with Crippen LogP contribution in [-0.2, 0) is 0 Å². The van der Waals surface area contributed by atoms with E-state index >= 15 is 0 Å². The quantitative estimate of drug-likeness (QED) is 0.692. The van der Waals surface area contributed by atoms with Gasteiger partial charge >= 0.3 is 0 Å². The molecule has 0 aliphatic heterocycles. The van der Waals surface area contributed by atoms with Crippen LogP contribution in [0.25, 0.3) is 0 Å². The van der Waals surface area contributed by atoms with Gasteiger partial charge in [0.25, 0.3) is 0 Å².